The molecule has 0 spiro atoms. The Bertz CT molecular complexity index is 1160. The first-order valence-electron chi connectivity index (χ1n) is 11.3. The monoisotopic (exact) mass is 464 g/mol. The Balaban J connectivity index is 1.38. The molecule has 0 saturated carbocycles. The van der Waals surface area contributed by atoms with Crippen molar-refractivity contribution >= 4 is 10.0 Å². The second-order valence-electron chi connectivity index (χ2n) is 8.82. The summed E-state index contributed by atoms with van der Waals surface area (Å²) < 4.78 is 25.9. The van der Waals surface area contributed by atoms with Crippen molar-refractivity contribution in [3.05, 3.63) is 77.0 Å². The van der Waals surface area contributed by atoms with E-state index in [0.717, 1.165) is 50.4 Å². The molecule has 1 N–H and O–H groups in total. The number of hydrogen-bond donors (Lipinski definition) is 1. The van der Waals surface area contributed by atoms with Gasteiger partial charge in [-0.3, -0.25) is 9.80 Å². The molecule has 2 aromatic rings. The van der Waals surface area contributed by atoms with Crippen LogP contribution in [0.15, 0.2) is 70.8 Å². The smallest absolute Gasteiger partial charge is 0.242 e. The van der Waals surface area contributed by atoms with E-state index in [1.807, 2.05) is 42.5 Å². The minimum Gasteiger partial charge on any atom is -0.375 e. The molecule has 0 aromatic heterocycles. The summed E-state index contributed by atoms with van der Waals surface area (Å²) in [5.41, 5.74) is 4.96. The highest BCUT2D eigenvalue weighted by Crippen LogP contribution is 2.27. The van der Waals surface area contributed by atoms with Crippen LogP contribution in [0.2, 0.25) is 0 Å². The molecule has 0 amide bonds. The third-order valence-electron chi connectivity index (χ3n) is 6.41. The van der Waals surface area contributed by atoms with Crippen LogP contribution in [0.25, 0.3) is 0 Å². The van der Waals surface area contributed by atoms with E-state index >= 15 is 0 Å². The highest BCUT2D eigenvalue weighted by Gasteiger charge is 2.27. The summed E-state index contributed by atoms with van der Waals surface area (Å²) in [5, 5.41) is 3.62. The Morgan fingerprint density at radius 3 is 2.48 bits per heavy atom. The molecule has 2 aliphatic rings. The summed E-state index contributed by atoms with van der Waals surface area (Å²) in [6, 6.07) is 17.6. The zero-order valence-corrected chi connectivity index (χ0v) is 20.4. The van der Waals surface area contributed by atoms with Crippen molar-refractivity contribution in [2.45, 2.75) is 24.3 Å². The first-order valence-corrected chi connectivity index (χ1v) is 12.8. The Morgan fingerprint density at radius 2 is 1.79 bits per heavy atom. The second kappa shape index (κ2) is 10.1. The fourth-order valence-electron chi connectivity index (χ4n) is 4.27. The summed E-state index contributed by atoms with van der Waals surface area (Å²) in [7, 11) is -0.303. The van der Waals surface area contributed by atoms with Crippen LogP contribution in [0.5, 0.6) is 0 Å². The molecule has 6 nitrogen and oxygen atoms in total. The summed E-state index contributed by atoms with van der Waals surface area (Å²) in [5.74, 6) is 6.57. The van der Waals surface area contributed by atoms with Gasteiger partial charge in [-0.1, -0.05) is 42.2 Å². The highest BCUT2D eigenvalue weighted by molar-refractivity contribution is 7.89. The molecule has 4 rings (SSSR count). The van der Waals surface area contributed by atoms with Crippen LogP contribution in [0.4, 0.5) is 0 Å². The maximum Gasteiger partial charge on any atom is 0.242 e. The molecular weight excluding hydrogens is 432 g/mol. The molecule has 0 saturated heterocycles. The standard InChI is InChI=1S/C26H32N4O2S/c1-21(23-11-13-25(14-12-23)33(31,32)28(2)3)30-19-24-18-29(17-15-26(24)27-20-30)16-7-10-22-8-5-4-6-9-22/h4-6,8-9,11-14,21,27H,15-20H2,1-3H3. The number of rotatable bonds is 5. The summed E-state index contributed by atoms with van der Waals surface area (Å²) in [4.78, 5) is 5.13. The normalized spacial score (nSPS) is 18.3. The Labute approximate surface area is 197 Å². The Morgan fingerprint density at radius 1 is 1.06 bits per heavy atom. The van der Waals surface area contributed by atoms with Gasteiger partial charge in [0.05, 0.1) is 18.1 Å². The zero-order chi connectivity index (χ0) is 23.4. The molecule has 174 valence electrons. The molecular formula is C26H32N4O2S. The minimum absolute atomic E-state index is 0.177. The van der Waals surface area contributed by atoms with Crippen molar-refractivity contribution in [3.8, 4) is 11.8 Å². The van der Waals surface area contributed by atoms with Gasteiger partial charge in [0.15, 0.2) is 0 Å². The van der Waals surface area contributed by atoms with Gasteiger partial charge in [0.2, 0.25) is 10.0 Å². The van der Waals surface area contributed by atoms with Gasteiger partial charge >= 0.3 is 0 Å². The zero-order valence-electron chi connectivity index (χ0n) is 19.6. The predicted octanol–water partition coefficient (Wildman–Crippen LogP) is 2.87. The van der Waals surface area contributed by atoms with Gasteiger partial charge in [0.25, 0.3) is 0 Å². The van der Waals surface area contributed by atoms with E-state index in [2.05, 4.69) is 33.9 Å². The molecule has 2 aliphatic heterocycles. The van der Waals surface area contributed by atoms with Gasteiger partial charge in [-0.2, -0.15) is 0 Å². The van der Waals surface area contributed by atoms with Crippen molar-refractivity contribution in [2.75, 3.05) is 46.9 Å². The topological polar surface area (TPSA) is 55.9 Å². The SMILES string of the molecule is CC(c1ccc(S(=O)(=O)N(C)C)cc1)N1CNC2=C(CN(CC#Cc3ccccc3)CC2)C1. The number of nitrogens with zero attached hydrogens (tertiary/aromatic N) is 3. The molecule has 1 unspecified atom stereocenters. The largest absolute Gasteiger partial charge is 0.375 e. The number of nitrogens with one attached hydrogen (secondary N) is 1. The number of hydrogen-bond acceptors (Lipinski definition) is 5. The van der Waals surface area contributed by atoms with Crippen LogP contribution >= 0.6 is 0 Å². The van der Waals surface area contributed by atoms with Crippen molar-refractivity contribution in [1.82, 2.24) is 19.4 Å². The van der Waals surface area contributed by atoms with Crippen molar-refractivity contribution < 1.29 is 8.42 Å². The lowest BCUT2D eigenvalue weighted by Crippen LogP contribution is -2.47. The van der Waals surface area contributed by atoms with Crippen LogP contribution in [-0.2, 0) is 10.0 Å². The summed E-state index contributed by atoms with van der Waals surface area (Å²) in [6.45, 7) is 6.59. The number of sulfonamides is 1. The molecule has 0 aliphatic carbocycles. The maximum absolute atomic E-state index is 12.3. The predicted molar refractivity (Wildman–Crippen MR) is 132 cm³/mol. The molecule has 33 heavy (non-hydrogen) atoms. The molecule has 2 aromatic carbocycles. The molecule has 0 radical (unpaired) electrons. The van der Waals surface area contributed by atoms with Crippen LogP contribution in [0.3, 0.4) is 0 Å². The lowest BCUT2D eigenvalue weighted by Gasteiger charge is -2.40. The van der Waals surface area contributed by atoms with Crippen LogP contribution < -0.4 is 5.32 Å². The molecule has 0 fully saturated rings. The van der Waals surface area contributed by atoms with E-state index in [9.17, 15) is 8.42 Å². The second-order valence-corrected chi connectivity index (χ2v) is 11.0. The van der Waals surface area contributed by atoms with E-state index in [-0.39, 0.29) is 6.04 Å². The van der Waals surface area contributed by atoms with Gasteiger partial charge in [0.1, 0.15) is 0 Å². The van der Waals surface area contributed by atoms with Crippen molar-refractivity contribution in [3.63, 3.8) is 0 Å². The first-order chi connectivity index (χ1) is 15.8. The fourth-order valence-corrected chi connectivity index (χ4v) is 5.17. The third kappa shape index (κ3) is 5.48. The van der Waals surface area contributed by atoms with Crippen LogP contribution in [-0.4, -0.2) is 69.5 Å². The first kappa shape index (κ1) is 23.5. The van der Waals surface area contributed by atoms with Gasteiger partial charge in [-0.25, -0.2) is 12.7 Å². The molecule has 7 heteroatoms. The van der Waals surface area contributed by atoms with Crippen molar-refractivity contribution in [1.29, 1.82) is 0 Å². The summed E-state index contributed by atoms with van der Waals surface area (Å²) in [6.07, 6.45) is 1.03. The van der Waals surface area contributed by atoms with E-state index < -0.39 is 10.0 Å². The number of benzene rings is 2. The van der Waals surface area contributed by atoms with Crippen LogP contribution in [0, 0.1) is 11.8 Å². The minimum atomic E-state index is -3.41. The van der Waals surface area contributed by atoms with E-state index in [1.165, 1.54) is 15.6 Å². The van der Waals surface area contributed by atoms with Gasteiger partial charge in [0, 0.05) is 51.0 Å². The molecule has 0 bridgehead atoms. The van der Waals surface area contributed by atoms with E-state index in [1.54, 1.807) is 26.2 Å². The maximum atomic E-state index is 12.3. The van der Waals surface area contributed by atoms with E-state index in [0.29, 0.717) is 4.90 Å². The van der Waals surface area contributed by atoms with Gasteiger partial charge in [-0.15, -0.1) is 0 Å². The highest BCUT2D eigenvalue weighted by atomic mass is 32.2. The third-order valence-corrected chi connectivity index (χ3v) is 8.24. The van der Waals surface area contributed by atoms with Gasteiger partial charge < -0.3 is 5.32 Å². The average Bonchev–Trinajstić information content (AvgIpc) is 2.84. The lowest BCUT2D eigenvalue weighted by molar-refractivity contribution is 0.182. The fraction of sp³-hybridized carbons (Fsp3) is 0.385. The van der Waals surface area contributed by atoms with E-state index in [4.69, 9.17) is 0 Å². The molecule has 2 heterocycles. The molecule has 1 atom stereocenters. The van der Waals surface area contributed by atoms with Crippen molar-refractivity contribution in [2.24, 2.45) is 0 Å². The van der Waals surface area contributed by atoms with Gasteiger partial charge in [-0.05, 0) is 48.7 Å². The van der Waals surface area contributed by atoms with Crippen LogP contribution in [0.1, 0.15) is 30.5 Å². The Hall–Kier alpha value is -2.63. The lowest BCUT2D eigenvalue weighted by atomic mass is 10.0. The average molecular weight is 465 g/mol. The summed E-state index contributed by atoms with van der Waals surface area (Å²) >= 11 is 0. The Kier molecular flexibility index (Phi) is 7.20. The quantitative estimate of drug-likeness (QED) is 0.690.